The molecule has 2 heterocycles. The highest BCUT2D eigenvalue weighted by Crippen LogP contribution is 2.44. The summed E-state index contributed by atoms with van der Waals surface area (Å²) in [5, 5.41) is 23.2. The van der Waals surface area contributed by atoms with E-state index >= 15 is 0 Å². The van der Waals surface area contributed by atoms with E-state index in [1.165, 1.54) is 0 Å². The van der Waals surface area contributed by atoms with Gasteiger partial charge in [0, 0.05) is 32.7 Å². The zero-order valence-electron chi connectivity index (χ0n) is 21.6. The van der Waals surface area contributed by atoms with Crippen molar-refractivity contribution < 1.29 is 28.5 Å². The van der Waals surface area contributed by atoms with Crippen LogP contribution in [0.1, 0.15) is 0 Å². The Bertz CT molecular complexity index is 1850. The van der Waals surface area contributed by atoms with Gasteiger partial charge in [0.1, 0.15) is 47.0 Å². The van der Waals surface area contributed by atoms with Crippen LogP contribution in [0.5, 0.6) is 11.5 Å². The van der Waals surface area contributed by atoms with E-state index in [1.807, 2.05) is 84.9 Å². The first-order chi connectivity index (χ1) is 19.7. The molecular weight excluding hydrogens is 504 g/mol. The fourth-order valence-electron chi connectivity index (χ4n) is 5.35. The van der Waals surface area contributed by atoms with E-state index in [9.17, 15) is 10.2 Å². The van der Waals surface area contributed by atoms with Gasteiger partial charge in [-0.3, -0.25) is 0 Å². The standard InChI is InChI=1S/C34H26O6/c35-13-15-37-33-20-26(22-10-12-32-28(18-22)24-6-2-4-8-30(24)40-32)34(38-16-14-36)19-25(33)21-9-11-31-27(17-21)23-5-1-3-7-29(23)39-31/h1-12,17-20,35-36H,13-16H2. The van der Waals surface area contributed by atoms with Crippen molar-refractivity contribution >= 4 is 43.9 Å². The van der Waals surface area contributed by atoms with Gasteiger partial charge in [-0.05, 0) is 59.7 Å². The maximum atomic E-state index is 9.57. The molecule has 0 saturated carbocycles. The molecule has 7 aromatic rings. The summed E-state index contributed by atoms with van der Waals surface area (Å²) in [5.41, 5.74) is 6.73. The summed E-state index contributed by atoms with van der Waals surface area (Å²) in [6, 6.07) is 31.9. The van der Waals surface area contributed by atoms with Gasteiger partial charge in [0.15, 0.2) is 0 Å². The SMILES string of the molecule is OCCOc1cc(-c2ccc3oc4ccccc4c3c2)c(OCCO)cc1-c1ccc2oc3ccccc3c2c1. The summed E-state index contributed by atoms with van der Waals surface area (Å²) in [4.78, 5) is 0. The highest BCUT2D eigenvalue weighted by molar-refractivity contribution is 6.07. The van der Waals surface area contributed by atoms with Gasteiger partial charge in [-0.25, -0.2) is 0 Å². The van der Waals surface area contributed by atoms with Gasteiger partial charge in [-0.15, -0.1) is 0 Å². The normalized spacial score (nSPS) is 11.7. The van der Waals surface area contributed by atoms with Crippen LogP contribution in [0.2, 0.25) is 0 Å². The third kappa shape index (κ3) is 4.14. The Labute approximate surface area is 229 Å². The third-order valence-corrected chi connectivity index (χ3v) is 7.15. The van der Waals surface area contributed by atoms with Crippen LogP contribution in [-0.4, -0.2) is 36.6 Å². The second-order valence-electron chi connectivity index (χ2n) is 9.61. The number of furan rings is 2. The van der Waals surface area contributed by atoms with Gasteiger partial charge in [-0.2, -0.15) is 0 Å². The lowest BCUT2D eigenvalue weighted by molar-refractivity contribution is 0.199. The number of hydrogen-bond donors (Lipinski definition) is 2. The lowest BCUT2D eigenvalue weighted by Crippen LogP contribution is -2.06. The number of aliphatic hydroxyl groups excluding tert-OH is 2. The van der Waals surface area contributed by atoms with Crippen molar-refractivity contribution in [2.24, 2.45) is 0 Å². The molecule has 0 spiro atoms. The Morgan fingerprint density at radius 1 is 0.475 bits per heavy atom. The van der Waals surface area contributed by atoms with Gasteiger partial charge in [0.2, 0.25) is 0 Å². The van der Waals surface area contributed by atoms with Crippen LogP contribution < -0.4 is 9.47 Å². The Balaban J connectivity index is 1.42. The largest absolute Gasteiger partial charge is 0.491 e. The molecule has 0 fully saturated rings. The predicted octanol–water partition coefficient (Wildman–Crippen LogP) is 7.56. The lowest BCUT2D eigenvalue weighted by Gasteiger charge is -2.18. The molecular formula is C34H26O6. The van der Waals surface area contributed by atoms with Crippen LogP contribution in [0.3, 0.4) is 0 Å². The van der Waals surface area contributed by atoms with E-state index < -0.39 is 0 Å². The van der Waals surface area contributed by atoms with Crippen molar-refractivity contribution in [2.75, 3.05) is 26.4 Å². The predicted molar refractivity (Wildman–Crippen MR) is 157 cm³/mol. The molecule has 0 unspecified atom stereocenters. The molecule has 0 aliphatic carbocycles. The van der Waals surface area contributed by atoms with Gasteiger partial charge < -0.3 is 28.5 Å². The molecule has 2 N–H and O–H groups in total. The minimum absolute atomic E-state index is 0.115. The molecule has 0 amide bonds. The van der Waals surface area contributed by atoms with E-state index in [1.54, 1.807) is 0 Å². The molecule has 6 heteroatoms. The number of aliphatic hydroxyl groups is 2. The monoisotopic (exact) mass is 530 g/mol. The van der Waals surface area contributed by atoms with Gasteiger partial charge >= 0.3 is 0 Å². The van der Waals surface area contributed by atoms with Crippen LogP contribution in [0, 0.1) is 0 Å². The molecule has 40 heavy (non-hydrogen) atoms. The summed E-state index contributed by atoms with van der Waals surface area (Å²) in [6.45, 7) is 0.0585. The van der Waals surface area contributed by atoms with Crippen molar-refractivity contribution in [3.63, 3.8) is 0 Å². The van der Waals surface area contributed by atoms with Crippen molar-refractivity contribution in [2.45, 2.75) is 0 Å². The molecule has 0 saturated heterocycles. The molecule has 0 bridgehead atoms. The maximum absolute atomic E-state index is 9.57. The zero-order chi connectivity index (χ0) is 27.1. The maximum Gasteiger partial charge on any atom is 0.135 e. The van der Waals surface area contributed by atoms with E-state index in [4.69, 9.17) is 18.3 Å². The molecule has 0 radical (unpaired) electrons. The van der Waals surface area contributed by atoms with E-state index in [0.717, 1.165) is 66.1 Å². The first kappa shape index (κ1) is 24.3. The van der Waals surface area contributed by atoms with Gasteiger partial charge in [0.25, 0.3) is 0 Å². The van der Waals surface area contributed by atoms with Gasteiger partial charge in [0.05, 0.1) is 13.2 Å². The fraction of sp³-hybridized carbons (Fsp3) is 0.118. The Morgan fingerprint density at radius 3 is 1.35 bits per heavy atom. The topological polar surface area (TPSA) is 85.2 Å². The van der Waals surface area contributed by atoms with Crippen LogP contribution in [0.4, 0.5) is 0 Å². The van der Waals surface area contributed by atoms with Crippen LogP contribution >= 0.6 is 0 Å². The minimum atomic E-state index is -0.115. The number of para-hydroxylation sites is 2. The lowest BCUT2D eigenvalue weighted by atomic mass is 9.96. The second-order valence-corrected chi connectivity index (χ2v) is 9.61. The summed E-state index contributed by atoms with van der Waals surface area (Å²) in [5.74, 6) is 1.23. The Kier molecular flexibility index (Phi) is 6.11. The van der Waals surface area contributed by atoms with Gasteiger partial charge in [-0.1, -0.05) is 48.5 Å². The van der Waals surface area contributed by atoms with Crippen molar-refractivity contribution in [1.82, 2.24) is 0 Å². The van der Waals surface area contributed by atoms with E-state index in [2.05, 4.69) is 12.1 Å². The molecule has 2 aromatic heterocycles. The van der Waals surface area contributed by atoms with Crippen molar-refractivity contribution in [3.8, 4) is 33.8 Å². The van der Waals surface area contributed by atoms with Crippen LogP contribution in [-0.2, 0) is 0 Å². The smallest absolute Gasteiger partial charge is 0.135 e. The molecule has 5 aromatic carbocycles. The summed E-state index contributed by atoms with van der Waals surface area (Å²) in [7, 11) is 0. The summed E-state index contributed by atoms with van der Waals surface area (Å²) >= 11 is 0. The fourth-order valence-corrected chi connectivity index (χ4v) is 5.35. The zero-order valence-corrected chi connectivity index (χ0v) is 21.6. The Hall–Kier alpha value is -4.78. The summed E-state index contributed by atoms with van der Waals surface area (Å²) < 4.78 is 24.2. The van der Waals surface area contributed by atoms with Crippen LogP contribution in [0.15, 0.2) is 106 Å². The molecule has 6 nitrogen and oxygen atoms in total. The van der Waals surface area contributed by atoms with Crippen molar-refractivity contribution in [3.05, 3.63) is 97.1 Å². The summed E-state index contributed by atoms with van der Waals surface area (Å²) in [6.07, 6.45) is 0. The van der Waals surface area contributed by atoms with Crippen molar-refractivity contribution in [1.29, 1.82) is 0 Å². The van der Waals surface area contributed by atoms with E-state index in [0.29, 0.717) is 11.5 Å². The second kappa shape index (κ2) is 10.1. The number of benzene rings is 5. The highest BCUT2D eigenvalue weighted by Gasteiger charge is 2.18. The number of ether oxygens (including phenoxy) is 2. The molecule has 7 rings (SSSR count). The molecule has 198 valence electrons. The first-order valence-corrected chi connectivity index (χ1v) is 13.2. The minimum Gasteiger partial charge on any atom is -0.491 e. The molecule has 0 atom stereocenters. The number of hydrogen-bond acceptors (Lipinski definition) is 6. The third-order valence-electron chi connectivity index (χ3n) is 7.15. The number of fused-ring (bicyclic) bond motifs is 6. The highest BCUT2D eigenvalue weighted by atomic mass is 16.5. The number of rotatable bonds is 8. The quantitative estimate of drug-likeness (QED) is 0.211. The Morgan fingerprint density at radius 2 is 0.900 bits per heavy atom. The first-order valence-electron chi connectivity index (χ1n) is 13.2. The van der Waals surface area contributed by atoms with Crippen LogP contribution in [0.25, 0.3) is 66.1 Å². The average Bonchev–Trinajstić information content (AvgIpc) is 3.56. The van der Waals surface area contributed by atoms with E-state index in [-0.39, 0.29) is 26.4 Å². The molecule has 0 aliphatic heterocycles. The average molecular weight is 531 g/mol. The molecule has 0 aliphatic rings.